The molecule has 0 spiro atoms. The van der Waals surface area contributed by atoms with Crippen LogP contribution < -0.4 is 0 Å². The first-order chi connectivity index (χ1) is 34.5. The Morgan fingerprint density at radius 2 is 1.22 bits per heavy atom. The molecule has 0 aliphatic carbocycles. The molecular formula is C66H53IrN3O2-2. The summed E-state index contributed by atoms with van der Waals surface area (Å²) >= 11 is 0. The van der Waals surface area contributed by atoms with E-state index in [2.05, 4.69) is 204 Å². The molecule has 13 rings (SSSR count). The number of nitrogens with zero attached hydrogens (tertiary/aromatic N) is 3. The number of rotatable bonds is 6. The van der Waals surface area contributed by atoms with Gasteiger partial charge in [0.25, 0.3) is 0 Å². The molecule has 0 aliphatic heterocycles. The maximum Gasteiger partial charge on any atom is 0.135 e. The van der Waals surface area contributed by atoms with Crippen LogP contribution in [0.4, 0.5) is 0 Å². The summed E-state index contributed by atoms with van der Waals surface area (Å²) in [5.74, 6) is 2.08. The van der Waals surface area contributed by atoms with Gasteiger partial charge in [-0.05, 0) is 115 Å². The van der Waals surface area contributed by atoms with Crippen molar-refractivity contribution in [3.63, 3.8) is 0 Å². The van der Waals surface area contributed by atoms with Crippen LogP contribution in [-0.4, -0.2) is 14.5 Å². The third-order valence-corrected chi connectivity index (χ3v) is 14.0. The fourth-order valence-corrected chi connectivity index (χ4v) is 10.3. The first kappa shape index (κ1) is 46.7. The average Bonchev–Trinajstić information content (AvgIpc) is 4.12. The van der Waals surface area contributed by atoms with Crippen LogP contribution in [0.3, 0.4) is 0 Å². The second-order valence-corrected chi connectivity index (χ2v) is 20.4. The van der Waals surface area contributed by atoms with Crippen molar-refractivity contribution in [3.05, 3.63) is 211 Å². The van der Waals surface area contributed by atoms with Crippen molar-refractivity contribution in [2.24, 2.45) is 0 Å². The van der Waals surface area contributed by atoms with Gasteiger partial charge in [0.2, 0.25) is 0 Å². The molecule has 1 radical (unpaired) electrons. The number of hydrogen-bond acceptors (Lipinski definition) is 4. The number of para-hydroxylation sites is 1. The quantitative estimate of drug-likeness (QED) is 0.123. The Kier molecular flexibility index (Phi) is 12.0. The summed E-state index contributed by atoms with van der Waals surface area (Å²) < 4.78 is 15.8. The van der Waals surface area contributed by atoms with Gasteiger partial charge in [-0.15, -0.1) is 54.1 Å². The molecule has 4 aromatic heterocycles. The summed E-state index contributed by atoms with van der Waals surface area (Å²) in [6.07, 6.45) is 1.87. The minimum Gasteiger partial charge on any atom is -0.501 e. The SMILES string of the molecule is CC(C)(C)c1ccnc(-c2[c-]cccc2)c1.CC(C)c1cc(-c2cc3ccccc3o2)cc(C(C)C)c1-n1c(-c2[c-]ccc3c2oc2cc4c(ccc5ccccc54)cc23)nc2ccc3ccccc3c21.[Ir]. The smallest absolute Gasteiger partial charge is 0.135 e. The number of benzene rings is 9. The molecule has 0 saturated carbocycles. The summed E-state index contributed by atoms with van der Waals surface area (Å²) in [6.45, 7) is 15.7. The van der Waals surface area contributed by atoms with Gasteiger partial charge in [-0.2, -0.15) is 0 Å². The van der Waals surface area contributed by atoms with Crippen molar-refractivity contribution in [2.75, 3.05) is 0 Å². The third-order valence-electron chi connectivity index (χ3n) is 14.0. The van der Waals surface area contributed by atoms with Gasteiger partial charge in [0.15, 0.2) is 0 Å². The largest absolute Gasteiger partial charge is 0.501 e. The number of hydrogen-bond donors (Lipinski definition) is 0. The van der Waals surface area contributed by atoms with Crippen molar-refractivity contribution >= 4 is 76.3 Å². The number of furan rings is 2. The molecule has 13 aromatic rings. The summed E-state index contributed by atoms with van der Waals surface area (Å²) in [7, 11) is 0. The van der Waals surface area contributed by atoms with Gasteiger partial charge >= 0.3 is 0 Å². The molecule has 0 amide bonds. The summed E-state index contributed by atoms with van der Waals surface area (Å²) in [5.41, 5.74) is 13.6. The van der Waals surface area contributed by atoms with Crippen LogP contribution in [0.25, 0.3) is 116 Å². The first-order valence-electron chi connectivity index (χ1n) is 24.7. The normalized spacial score (nSPS) is 12.0. The third kappa shape index (κ3) is 8.19. The topological polar surface area (TPSA) is 57.0 Å². The molecule has 6 heteroatoms. The summed E-state index contributed by atoms with van der Waals surface area (Å²) in [5, 5.41) is 10.4. The molecule has 0 saturated heterocycles. The van der Waals surface area contributed by atoms with E-state index in [9.17, 15) is 0 Å². The Hall–Kier alpha value is -7.63. The minimum absolute atomic E-state index is 0. The zero-order valence-electron chi connectivity index (χ0n) is 41.5. The van der Waals surface area contributed by atoms with Gasteiger partial charge < -0.3 is 18.4 Å². The second-order valence-electron chi connectivity index (χ2n) is 20.4. The minimum atomic E-state index is 0. The Labute approximate surface area is 433 Å². The van der Waals surface area contributed by atoms with Crippen LogP contribution >= 0.6 is 0 Å². The van der Waals surface area contributed by atoms with Crippen molar-refractivity contribution < 1.29 is 28.9 Å². The molecule has 0 fully saturated rings. The molecule has 0 unspecified atom stereocenters. The average molecular weight is 1110 g/mol. The molecule has 72 heavy (non-hydrogen) atoms. The van der Waals surface area contributed by atoms with E-state index < -0.39 is 0 Å². The van der Waals surface area contributed by atoms with Gasteiger partial charge in [0.05, 0.1) is 22.4 Å². The van der Waals surface area contributed by atoms with E-state index in [0.29, 0.717) is 0 Å². The van der Waals surface area contributed by atoms with Crippen LogP contribution in [0.2, 0.25) is 0 Å². The zero-order valence-corrected chi connectivity index (χ0v) is 43.9. The van der Waals surface area contributed by atoms with Crippen LogP contribution in [0.1, 0.15) is 77.0 Å². The monoisotopic (exact) mass is 1110 g/mol. The van der Waals surface area contributed by atoms with Gasteiger partial charge in [-0.1, -0.05) is 150 Å². The fraction of sp³-hybridized carbons (Fsp3) is 0.152. The van der Waals surface area contributed by atoms with Gasteiger partial charge in [-0.3, -0.25) is 4.98 Å². The van der Waals surface area contributed by atoms with E-state index in [-0.39, 0.29) is 37.4 Å². The number of pyridine rings is 1. The molecule has 0 N–H and O–H groups in total. The summed E-state index contributed by atoms with van der Waals surface area (Å²) in [4.78, 5) is 9.88. The molecule has 0 atom stereocenters. The molecule has 5 nitrogen and oxygen atoms in total. The van der Waals surface area contributed by atoms with Crippen molar-refractivity contribution in [1.82, 2.24) is 14.5 Å². The zero-order chi connectivity index (χ0) is 48.5. The van der Waals surface area contributed by atoms with Crippen molar-refractivity contribution in [2.45, 2.75) is 65.7 Å². The molecule has 355 valence electrons. The fourth-order valence-electron chi connectivity index (χ4n) is 10.3. The van der Waals surface area contributed by atoms with Crippen molar-refractivity contribution in [3.8, 4) is 39.7 Å². The van der Waals surface area contributed by atoms with E-state index >= 15 is 0 Å². The maximum atomic E-state index is 6.93. The number of fused-ring (bicyclic) bond motifs is 10. The van der Waals surface area contributed by atoms with E-state index in [1.807, 2.05) is 48.7 Å². The van der Waals surface area contributed by atoms with Crippen LogP contribution in [0.15, 0.2) is 191 Å². The van der Waals surface area contributed by atoms with E-state index in [0.717, 1.165) is 89.0 Å². The molecule has 9 aromatic carbocycles. The predicted molar refractivity (Wildman–Crippen MR) is 296 cm³/mol. The predicted octanol–water partition coefficient (Wildman–Crippen LogP) is 18.4. The van der Waals surface area contributed by atoms with Crippen LogP contribution in [-0.2, 0) is 25.5 Å². The molecule has 0 bridgehead atoms. The van der Waals surface area contributed by atoms with E-state index in [1.165, 1.54) is 43.6 Å². The Morgan fingerprint density at radius 3 is 1.94 bits per heavy atom. The molecular weight excluding hydrogens is 1060 g/mol. The standard InChI is InChI=1S/C51H37N2O2.C15H16N.Ir/c1-29(2)40-25-35(46-27-34-14-7-10-19-45(34)54-46)26-41(30(3)4)48(40)53-49-37-16-9-6-13-32(37)22-23-44(49)52-51(53)39-18-11-17-38-43-24-33-21-20-31-12-5-8-15-36(31)42(33)28-47(43)55-50(38)39;1-15(2,3)13-9-10-16-14(11-13)12-7-5-4-6-8-12;/h5-17,19-30H,1-4H3;4-7,9-11H,1-3H3;/q2*-1;. The number of imidazole rings is 1. The van der Waals surface area contributed by atoms with Crippen molar-refractivity contribution in [1.29, 1.82) is 0 Å². The Morgan fingerprint density at radius 1 is 0.542 bits per heavy atom. The first-order valence-corrected chi connectivity index (χ1v) is 24.7. The van der Waals surface area contributed by atoms with Gasteiger partial charge in [0, 0.05) is 53.7 Å². The Bertz CT molecular complexity index is 4110. The molecule has 4 heterocycles. The van der Waals surface area contributed by atoms with E-state index in [4.69, 9.17) is 13.8 Å². The second kappa shape index (κ2) is 18.5. The summed E-state index contributed by atoms with van der Waals surface area (Å²) in [6, 6.07) is 68.6. The van der Waals surface area contributed by atoms with E-state index in [1.54, 1.807) is 0 Å². The van der Waals surface area contributed by atoms with Crippen LogP contribution in [0, 0.1) is 12.1 Å². The van der Waals surface area contributed by atoms with Gasteiger partial charge in [0.1, 0.15) is 16.9 Å². The maximum absolute atomic E-state index is 6.93. The van der Waals surface area contributed by atoms with Gasteiger partial charge in [-0.25, -0.2) is 0 Å². The molecule has 0 aliphatic rings. The van der Waals surface area contributed by atoms with Crippen LogP contribution in [0.5, 0.6) is 0 Å². The number of aromatic nitrogens is 3. The Balaban J connectivity index is 0.000000282.